The SMILES string of the molecule is CN(C)CC1CCN(C(=N)C2CC2)CC1. The van der Waals surface area contributed by atoms with Crippen LogP contribution >= 0.6 is 0 Å². The van der Waals surface area contributed by atoms with E-state index in [1.807, 2.05) is 0 Å². The van der Waals surface area contributed by atoms with Crippen LogP contribution in [-0.2, 0) is 0 Å². The van der Waals surface area contributed by atoms with Gasteiger partial charge in [0.15, 0.2) is 0 Å². The van der Waals surface area contributed by atoms with Crippen LogP contribution in [-0.4, -0.2) is 49.4 Å². The monoisotopic (exact) mass is 209 g/mol. The van der Waals surface area contributed by atoms with E-state index in [1.165, 1.54) is 32.2 Å². The summed E-state index contributed by atoms with van der Waals surface area (Å²) >= 11 is 0. The molecule has 3 nitrogen and oxygen atoms in total. The van der Waals surface area contributed by atoms with Gasteiger partial charge in [-0.25, -0.2) is 0 Å². The lowest BCUT2D eigenvalue weighted by atomic mass is 9.96. The second-order valence-corrected chi connectivity index (χ2v) is 5.35. The van der Waals surface area contributed by atoms with E-state index in [1.54, 1.807) is 0 Å². The van der Waals surface area contributed by atoms with Crippen LogP contribution in [0, 0.1) is 17.2 Å². The van der Waals surface area contributed by atoms with Crippen LogP contribution in [0.1, 0.15) is 25.7 Å². The van der Waals surface area contributed by atoms with Crippen LogP contribution in [0.4, 0.5) is 0 Å². The van der Waals surface area contributed by atoms with Crippen molar-refractivity contribution in [2.75, 3.05) is 33.7 Å². The number of amidine groups is 1. The summed E-state index contributed by atoms with van der Waals surface area (Å²) in [5.74, 6) is 2.40. The molecule has 0 aromatic rings. The molecule has 2 fully saturated rings. The minimum absolute atomic E-state index is 0.621. The normalized spacial score (nSPS) is 23.5. The lowest BCUT2D eigenvalue weighted by molar-refractivity contribution is 0.216. The Labute approximate surface area is 92.9 Å². The Hall–Kier alpha value is -0.570. The van der Waals surface area contributed by atoms with Crippen LogP contribution < -0.4 is 0 Å². The smallest absolute Gasteiger partial charge is 0.0989 e. The van der Waals surface area contributed by atoms with Gasteiger partial charge in [0, 0.05) is 25.6 Å². The first-order valence-corrected chi connectivity index (χ1v) is 6.15. The van der Waals surface area contributed by atoms with Crippen molar-refractivity contribution in [2.45, 2.75) is 25.7 Å². The van der Waals surface area contributed by atoms with Gasteiger partial charge < -0.3 is 9.80 Å². The first kappa shape index (κ1) is 10.9. The molecule has 0 bridgehead atoms. The molecule has 0 spiro atoms. The van der Waals surface area contributed by atoms with E-state index in [0.717, 1.165) is 24.8 Å². The van der Waals surface area contributed by atoms with E-state index in [0.29, 0.717) is 5.92 Å². The molecule has 86 valence electrons. The maximum Gasteiger partial charge on any atom is 0.0989 e. The summed E-state index contributed by atoms with van der Waals surface area (Å²) in [7, 11) is 4.30. The fraction of sp³-hybridized carbons (Fsp3) is 0.917. The van der Waals surface area contributed by atoms with Crippen molar-refractivity contribution in [3.63, 3.8) is 0 Å². The van der Waals surface area contributed by atoms with Crippen LogP contribution in [0.2, 0.25) is 0 Å². The molecular formula is C12H23N3. The van der Waals surface area contributed by atoms with Gasteiger partial charge in [0.1, 0.15) is 0 Å². The van der Waals surface area contributed by atoms with Gasteiger partial charge in [0.05, 0.1) is 5.84 Å². The highest BCUT2D eigenvalue weighted by molar-refractivity contribution is 5.83. The first-order chi connectivity index (χ1) is 7.16. The van der Waals surface area contributed by atoms with Crippen molar-refractivity contribution < 1.29 is 0 Å². The molecule has 0 aromatic heterocycles. The molecule has 0 aromatic carbocycles. The van der Waals surface area contributed by atoms with Crippen LogP contribution in [0.3, 0.4) is 0 Å². The number of rotatable bonds is 3. The number of piperidine rings is 1. The molecule has 15 heavy (non-hydrogen) atoms. The Kier molecular flexibility index (Phi) is 3.29. The number of hydrogen-bond acceptors (Lipinski definition) is 2. The van der Waals surface area contributed by atoms with Crippen molar-refractivity contribution in [3.05, 3.63) is 0 Å². The van der Waals surface area contributed by atoms with Crippen molar-refractivity contribution in [2.24, 2.45) is 11.8 Å². The third-order valence-electron chi connectivity index (χ3n) is 3.54. The molecule has 1 saturated carbocycles. The molecule has 2 rings (SSSR count). The highest BCUT2D eigenvalue weighted by atomic mass is 15.2. The Morgan fingerprint density at radius 2 is 1.80 bits per heavy atom. The topological polar surface area (TPSA) is 30.3 Å². The van der Waals surface area contributed by atoms with Gasteiger partial charge in [-0.2, -0.15) is 0 Å². The second kappa shape index (κ2) is 4.52. The maximum absolute atomic E-state index is 8.02. The van der Waals surface area contributed by atoms with Gasteiger partial charge in [0.25, 0.3) is 0 Å². The summed E-state index contributed by atoms with van der Waals surface area (Å²) < 4.78 is 0. The minimum atomic E-state index is 0.621. The lowest BCUT2D eigenvalue weighted by Crippen LogP contribution is -2.41. The quantitative estimate of drug-likeness (QED) is 0.566. The summed E-state index contributed by atoms with van der Waals surface area (Å²) in [6.07, 6.45) is 5.06. The third kappa shape index (κ3) is 2.94. The standard InChI is InChI=1S/C12H23N3/c1-14(2)9-10-5-7-15(8-6-10)12(13)11-3-4-11/h10-11,13H,3-9H2,1-2H3. The molecule has 0 amide bonds. The zero-order chi connectivity index (χ0) is 10.8. The van der Waals surface area contributed by atoms with Gasteiger partial charge in [0.2, 0.25) is 0 Å². The average molecular weight is 209 g/mol. The number of hydrogen-bond donors (Lipinski definition) is 1. The van der Waals surface area contributed by atoms with Gasteiger partial charge in [-0.3, -0.25) is 5.41 Å². The molecule has 3 heteroatoms. The molecule has 1 aliphatic heterocycles. The van der Waals surface area contributed by atoms with Crippen LogP contribution in [0.15, 0.2) is 0 Å². The molecule has 2 aliphatic rings. The summed E-state index contributed by atoms with van der Waals surface area (Å²) in [6.45, 7) is 3.45. The highest BCUT2D eigenvalue weighted by Gasteiger charge is 2.31. The molecule has 0 radical (unpaired) electrons. The van der Waals surface area contributed by atoms with Crippen LogP contribution in [0.5, 0.6) is 0 Å². The average Bonchev–Trinajstić information content (AvgIpc) is 3.00. The van der Waals surface area contributed by atoms with Gasteiger partial charge in [-0.15, -0.1) is 0 Å². The maximum atomic E-state index is 8.02. The summed E-state index contributed by atoms with van der Waals surface area (Å²) in [4.78, 5) is 4.59. The molecular weight excluding hydrogens is 186 g/mol. The largest absolute Gasteiger partial charge is 0.360 e. The highest BCUT2D eigenvalue weighted by Crippen LogP contribution is 2.32. The lowest BCUT2D eigenvalue weighted by Gasteiger charge is -2.34. The van der Waals surface area contributed by atoms with E-state index in [4.69, 9.17) is 5.41 Å². The molecule has 1 saturated heterocycles. The molecule has 0 atom stereocenters. The Morgan fingerprint density at radius 3 is 2.27 bits per heavy atom. The summed E-state index contributed by atoms with van der Waals surface area (Å²) in [5, 5.41) is 8.02. The Morgan fingerprint density at radius 1 is 1.20 bits per heavy atom. The van der Waals surface area contributed by atoms with Gasteiger partial charge in [-0.1, -0.05) is 0 Å². The van der Waals surface area contributed by atoms with Crippen molar-refractivity contribution in [3.8, 4) is 0 Å². The van der Waals surface area contributed by atoms with Gasteiger partial charge in [-0.05, 0) is 45.7 Å². The predicted octanol–water partition coefficient (Wildman–Crippen LogP) is 1.65. The van der Waals surface area contributed by atoms with E-state index < -0.39 is 0 Å². The van der Waals surface area contributed by atoms with Crippen LogP contribution in [0.25, 0.3) is 0 Å². The molecule has 0 unspecified atom stereocenters. The Bertz CT molecular complexity index is 225. The summed E-state index contributed by atoms with van der Waals surface area (Å²) in [5.41, 5.74) is 0. The van der Waals surface area contributed by atoms with Gasteiger partial charge >= 0.3 is 0 Å². The van der Waals surface area contributed by atoms with E-state index in [2.05, 4.69) is 23.9 Å². The summed E-state index contributed by atoms with van der Waals surface area (Å²) in [6, 6.07) is 0. The molecule has 1 N–H and O–H groups in total. The zero-order valence-corrected chi connectivity index (χ0v) is 10.00. The first-order valence-electron chi connectivity index (χ1n) is 6.15. The van der Waals surface area contributed by atoms with Crippen molar-refractivity contribution in [1.29, 1.82) is 5.41 Å². The molecule has 1 heterocycles. The van der Waals surface area contributed by atoms with E-state index >= 15 is 0 Å². The Balaban J connectivity index is 1.73. The number of nitrogens with one attached hydrogen (secondary N) is 1. The van der Waals surface area contributed by atoms with E-state index in [-0.39, 0.29) is 0 Å². The van der Waals surface area contributed by atoms with Crippen molar-refractivity contribution in [1.82, 2.24) is 9.80 Å². The van der Waals surface area contributed by atoms with Crippen molar-refractivity contribution >= 4 is 5.84 Å². The fourth-order valence-corrected chi connectivity index (χ4v) is 2.49. The fourth-order valence-electron chi connectivity index (χ4n) is 2.49. The predicted molar refractivity (Wildman–Crippen MR) is 63.3 cm³/mol. The number of likely N-dealkylation sites (tertiary alicyclic amines) is 1. The second-order valence-electron chi connectivity index (χ2n) is 5.35. The minimum Gasteiger partial charge on any atom is -0.360 e. The number of nitrogens with zero attached hydrogens (tertiary/aromatic N) is 2. The molecule has 1 aliphatic carbocycles. The third-order valence-corrected chi connectivity index (χ3v) is 3.54. The van der Waals surface area contributed by atoms with E-state index in [9.17, 15) is 0 Å². The zero-order valence-electron chi connectivity index (χ0n) is 10.00.